The van der Waals surface area contributed by atoms with Crippen LogP contribution in [-0.4, -0.2) is 24.6 Å². The van der Waals surface area contributed by atoms with Gasteiger partial charge in [0.25, 0.3) is 0 Å². The second kappa shape index (κ2) is 6.93. The molecule has 6 heteroatoms. The number of esters is 2. The molecule has 24 heavy (non-hydrogen) atoms. The van der Waals surface area contributed by atoms with Crippen LogP contribution in [0, 0.1) is 0 Å². The monoisotopic (exact) mass is 346 g/mol. The quantitative estimate of drug-likeness (QED) is 0.627. The second-order valence-electron chi connectivity index (χ2n) is 5.23. The van der Waals surface area contributed by atoms with Gasteiger partial charge in [-0.15, -0.1) is 0 Å². The minimum absolute atomic E-state index is 0.305. The number of carbonyl (C=O) groups is 2. The molecule has 0 spiro atoms. The Kier molecular flexibility index (Phi) is 4.71. The fourth-order valence-electron chi connectivity index (χ4n) is 2.40. The van der Waals surface area contributed by atoms with Crippen LogP contribution in [0.1, 0.15) is 22.8 Å². The van der Waals surface area contributed by atoms with Crippen LogP contribution < -0.4 is 9.47 Å². The van der Waals surface area contributed by atoms with E-state index in [1.54, 1.807) is 49.4 Å². The second-order valence-corrected chi connectivity index (χ2v) is 5.67. The molecule has 2 aromatic rings. The van der Waals surface area contributed by atoms with Gasteiger partial charge in [-0.2, -0.15) is 0 Å². The fourth-order valence-corrected chi connectivity index (χ4v) is 2.60. The summed E-state index contributed by atoms with van der Waals surface area (Å²) in [6, 6.07) is 11.4. The predicted molar refractivity (Wildman–Crippen MR) is 87.6 cm³/mol. The lowest BCUT2D eigenvalue weighted by molar-refractivity contribution is -0.141. The average Bonchev–Trinajstić information content (AvgIpc) is 2.99. The van der Waals surface area contributed by atoms with E-state index in [2.05, 4.69) is 0 Å². The Morgan fingerprint density at radius 2 is 1.96 bits per heavy atom. The molecule has 0 aromatic heterocycles. The van der Waals surface area contributed by atoms with E-state index in [1.165, 1.54) is 0 Å². The lowest BCUT2D eigenvalue weighted by Gasteiger charge is -2.10. The van der Waals surface area contributed by atoms with Crippen LogP contribution in [0.15, 0.2) is 42.5 Å². The van der Waals surface area contributed by atoms with Crippen LogP contribution in [0.2, 0.25) is 5.02 Å². The van der Waals surface area contributed by atoms with Crippen LogP contribution in [0.4, 0.5) is 0 Å². The Bertz CT molecular complexity index is 769. The number of carbonyl (C=O) groups excluding carboxylic acids is 2. The number of benzene rings is 2. The average molecular weight is 347 g/mol. The molecule has 0 unspecified atom stereocenters. The van der Waals surface area contributed by atoms with Crippen molar-refractivity contribution in [3.05, 3.63) is 58.6 Å². The number of ether oxygens (including phenoxy) is 3. The minimum Gasteiger partial charge on any atom is -0.478 e. The van der Waals surface area contributed by atoms with E-state index in [4.69, 9.17) is 25.8 Å². The lowest BCUT2D eigenvalue weighted by Crippen LogP contribution is -2.29. The normalized spacial score (nSPS) is 15.3. The third kappa shape index (κ3) is 3.51. The van der Waals surface area contributed by atoms with Gasteiger partial charge in [0.1, 0.15) is 11.5 Å². The topological polar surface area (TPSA) is 61.8 Å². The molecule has 124 valence electrons. The van der Waals surface area contributed by atoms with Crippen LogP contribution in [0.25, 0.3) is 0 Å². The van der Waals surface area contributed by atoms with Gasteiger partial charge in [0, 0.05) is 11.4 Å². The molecule has 1 aliphatic heterocycles. The van der Waals surface area contributed by atoms with Crippen molar-refractivity contribution in [1.82, 2.24) is 0 Å². The molecule has 0 amide bonds. The number of hydrogen-bond acceptors (Lipinski definition) is 5. The Labute approximate surface area is 144 Å². The highest BCUT2D eigenvalue weighted by atomic mass is 35.5. The van der Waals surface area contributed by atoms with Crippen LogP contribution in [0.3, 0.4) is 0 Å². The van der Waals surface area contributed by atoms with Crippen molar-refractivity contribution in [3.63, 3.8) is 0 Å². The first-order valence-corrected chi connectivity index (χ1v) is 7.88. The van der Waals surface area contributed by atoms with Crippen molar-refractivity contribution in [2.24, 2.45) is 0 Å². The minimum atomic E-state index is -0.705. The summed E-state index contributed by atoms with van der Waals surface area (Å²) in [4.78, 5) is 23.8. The summed E-state index contributed by atoms with van der Waals surface area (Å²) in [6.45, 7) is 2.04. The summed E-state index contributed by atoms with van der Waals surface area (Å²) in [5.74, 6) is 0.0673. The summed E-state index contributed by atoms with van der Waals surface area (Å²) in [5, 5.41) is 0.598. The maximum atomic E-state index is 12.2. The van der Waals surface area contributed by atoms with Gasteiger partial charge in [0.05, 0.1) is 12.2 Å². The molecule has 1 heterocycles. The van der Waals surface area contributed by atoms with Crippen LogP contribution >= 0.6 is 11.6 Å². The first-order chi connectivity index (χ1) is 11.6. The van der Waals surface area contributed by atoms with Crippen molar-refractivity contribution in [3.8, 4) is 11.5 Å². The Morgan fingerprint density at radius 1 is 1.21 bits per heavy atom. The zero-order valence-electron chi connectivity index (χ0n) is 13.0. The van der Waals surface area contributed by atoms with E-state index in [0.717, 1.165) is 5.56 Å². The maximum absolute atomic E-state index is 12.2. The molecule has 1 aliphatic rings. The highest BCUT2D eigenvalue weighted by Crippen LogP contribution is 2.31. The van der Waals surface area contributed by atoms with Crippen molar-refractivity contribution < 1.29 is 23.8 Å². The molecule has 2 aromatic carbocycles. The van der Waals surface area contributed by atoms with Gasteiger partial charge in [-0.3, -0.25) is 0 Å². The SMILES string of the molecule is CCOC(=O)c1ccc(OC(=O)[C@H]2Cc3cc(Cl)ccc3O2)cc1. The summed E-state index contributed by atoms with van der Waals surface area (Å²) >= 11 is 5.93. The van der Waals surface area contributed by atoms with Gasteiger partial charge in [-0.25, -0.2) is 9.59 Å². The van der Waals surface area contributed by atoms with E-state index in [-0.39, 0.29) is 0 Å². The molecular weight excluding hydrogens is 332 g/mol. The molecule has 0 fully saturated rings. The molecule has 1 atom stereocenters. The van der Waals surface area contributed by atoms with Crippen molar-refractivity contribution >= 4 is 23.5 Å². The molecule has 3 rings (SSSR count). The van der Waals surface area contributed by atoms with Gasteiger partial charge >= 0.3 is 11.9 Å². The molecule has 0 radical (unpaired) electrons. The van der Waals surface area contributed by atoms with Gasteiger partial charge in [-0.05, 0) is 55.0 Å². The number of halogens is 1. The summed E-state index contributed by atoms with van der Waals surface area (Å²) in [5.41, 5.74) is 1.28. The van der Waals surface area contributed by atoms with Crippen molar-refractivity contribution in [2.45, 2.75) is 19.4 Å². The molecule has 0 aliphatic carbocycles. The molecule has 0 N–H and O–H groups in total. The van der Waals surface area contributed by atoms with Gasteiger partial charge in [-0.1, -0.05) is 11.6 Å². The molecule has 0 saturated carbocycles. The van der Waals surface area contributed by atoms with E-state index in [0.29, 0.717) is 35.1 Å². The summed E-state index contributed by atoms with van der Waals surface area (Å²) in [6.07, 6.45) is -0.293. The standard InChI is InChI=1S/C18H15ClO5/c1-2-22-17(20)11-3-6-14(7-4-11)23-18(21)16-10-12-9-13(19)5-8-15(12)24-16/h3-9,16H,2,10H2,1H3/t16-/m1/s1. The van der Waals surface area contributed by atoms with Gasteiger partial charge in [0.2, 0.25) is 0 Å². The summed E-state index contributed by atoms with van der Waals surface area (Å²) < 4.78 is 15.8. The fraction of sp³-hybridized carbons (Fsp3) is 0.222. The predicted octanol–water partition coefficient (Wildman–Crippen LogP) is 3.43. The van der Waals surface area contributed by atoms with E-state index < -0.39 is 18.0 Å². The highest BCUT2D eigenvalue weighted by Gasteiger charge is 2.31. The third-order valence-electron chi connectivity index (χ3n) is 3.54. The maximum Gasteiger partial charge on any atom is 0.353 e. The largest absolute Gasteiger partial charge is 0.478 e. The smallest absolute Gasteiger partial charge is 0.353 e. The number of rotatable bonds is 4. The van der Waals surface area contributed by atoms with Crippen LogP contribution in [0.5, 0.6) is 11.5 Å². The van der Waals surface area contributed by atoms with Gasteiger partial charge < -0.3 is 14.2 Å². The van der Waals surface area contributed by atoms with E-state index in [1.807, 2.05) is 0 Å². The molecule has 5 nitrogen and oxygen atoms in total. The number of hydrogen-bond donors (Lipinski definition) is 0. The van der Waals surface area contributed by atoms with Crippen LogP contribution in [-0.2, 0) is 16.0 Å². The number of fused-ring (bicyclic) bond motifs is 1. The zero-order valence-corrected chi connectivity index (χ0v) is 13.7. The first-order valence-electron chi connectivity index (χ1n) is 7.51. The zero-order chi connectivity index (χ0) is 17.1. The summed E-state index contributed by atoms with van der Waals surface area (Å²) in [7, 11) is 0. The Balaban J connectivity index is 1.63. The lowest BCUT2D eigenvalue weighted by atomic mass is 10.1. The molecular formula is C18H15ClO5. The van der Waals surface area contributed by atoms with E-state index in [9.17, 15) is 9.59 Å². The Morgan fingerprint density at radius 3 is 2.67 bits per heavy atom. The molecule has 0 saturated heterocycles. The first kappa shape index (κ1) is 16.3. The van der Waals surface area contributed by atoms with Gasteiger partial charge in [0.15, 0.2) is 6.10 Å². The van der Waals surface area contributed by atoms with E-state index >= 15 is 0 Å². The Hall–Kier alpha value is -2.53. The highest BCUT2D eigenvalue weighted by molar-refractivity contribution is 6.30. The molecule has 0 bridgehead atoms. The van der Waals surface area contributed by atoms with Crippen molar-refractivity contribution in [1.29, 1.82) is 0 Å². The van der Waals surface area contributed by atoms with Crippen molar-refractivity contribution in [2.75, 3.05) is 6.61 Å². The third-order valence-corrected chi connectivity index (χ3v) is 3.78.